The van der Waals surface area contributed by atoms with Gasteiger partial charge in [0, 0.05) is 68.9 Å². The van der Waals surface area contributed by atoms with Crippen LogP contribution in [0.1, 0.15) is 50.3 Å². The molecule has 0 aliphatic carbocycles. The van der Waals surface area contributed by atoms with Gasteiger partial charge in [-0.3, -0.25) is 19.1 Å². The number of hydrogen-bond acceptors (Lipinski definition) is 8. The summed E-state index contributed by atoms with van der Waals surface area (Å²) in [5.74, 6) is -1.25. The third-order valence-electron chi connectivity index (χ3n) is 7.22. The topological polar surface area (TPSA) is 138 Å². The minimum Gasteiger partial charge on any atom is -0.469 e. The summed E-state index contributed by atoms with van der Waals surface area (Å²) < 4.78 is 6.38. The Kier molecular flexibility index (Phi) is 8.58. The van der Waals surface area contributed by atoms with Crippen LogP contribution >= 0.6 is 0 Å². The van der Waals surface area contributed by atoms with Gasteiger partial charge in [-0.1, -0.05) is 24.3 Å². The van der Waals surface area contributed by atoms with Crippen molar-refractivity contribution in [3.63, 3.8) is 0 Å². The van der Waals surface area contributed by atoms with Gasteiger partial charge in [-0.25, -0.2) is 0 Å². The van der Waals surface area contributed by atoms with E-state index in [9.17, 15) is 19.5 Å². The molecule has 2 amide bonds. The number of methoxy groups -OCH3 is 1. The molecule has 0 radical (unpaired) electrons. The van der Waals surface area contributed by atoms with E-state index in [1.807, 2.05) is 12.2 Å². The molecule has 0 unspecified atom stereocenters. The summed E-state index contributed by atoms with van der Waals surface area (Å²) in [5, 5.41) is 29.0. The maximum Gasteiger partial charge on any atom is 0.305 e. The minimum absolute atomic E-state index is 0.0140. The SMILES string of the molecule is COC(=O)CCCCN1C(=O)[C@@](O)([C@@H](C)/C=C/CCn2cc(CCO)nn2)c2cc(N3CCC3=O)ccc21. The first-order chi connectivity index (χ1) is 18.3. The summed E-state index contributed by atoms with van der Waals surface area (Å²) in [7, 11) is 1.35. The Bertz CT molecular complexity index is 1210. The van der Waals surface area contributed by atoms with E-state index in [2.05, 4.69) is 10.3 Å². The number of aliphatic hydroxyl groups excluding tert-OH is 1. The van der Waals surface area contributed by atoms with Crippen molar-refractivity contribution in [3.05, 3.63) is 47.8 Å². The van der Waals surface area contributed by atoms with Gasteiger partial charge in [-0.05, 0) is 37.5 Å². The normalized spacial score (nSPS) is 19.7. The van der Waals surface area contributed by atoms with Gasteiger partial charge in [0.05, 0.1) is 18.5 Å². The molecule has 2 aliphatic heterocycles. The highest BCUT2D eigenvalue weighted by Gasteiger charge is 2.52. The number of fused-ring (bicyclic) bond motifs is 1. The van der Waals surface area contributed by atoms with E-state index in [-0.39, 0.29) is 24.9 Å². The number of aliphatic hydroxyl groups is 2. The lowest BCUT2D eigenvalue weighted by atomic mass is 9.82. The molecule has 2 atom stereocenters. The van der Waals surface area contributed by atoms with Crippen molar-refractivity contribution in [1.82, 2.24) is 15.0 Å². The van der Waals surface area contributed by atoms with E-state index in [4.69, 9.17) is 9.84 Å². The second-order valence-electron chi connectivity index (χ2n) is 9.71. The predicted octanol–water partition coefficient (Wildman–Crippen LogP) is 1.71. The van der Waals surface area contributed by atoms with Crippen LogP contribution in [-0.2, 0) is 37.7 Å². The Morgan fingerprint density at radius 3 is 2.76 bits per heavy atom. The molecule has 3 heterocycles. The Morgan fingerprint density at radius 2 is 2.08 bits per heavy atom. The van der Waals surface area contributed by atoms with Crippen molar-refractivity contribution in [2.45, 2.75) is 57.6 Å². The van der Waals surface area contributed by atoms with Gasteiger partial charge in [-0.15, -0.1) is 5.10 Å². The van der Waals surface area contributed by atoms with Crippen LogP contribution in [0.5, 0.6) is 0 Å². The molecule has 2 aliphatic rings. The quantitative estimate of drug-likeness (QED) is 0.174. The van der Waals surface area contributed by atoms with Gasteiger partial charge < -0.3 is 24.7 Å². The standard InChI is InChI=1S/C27H35N5O6/c1-19(7-3-5-13-30-18-20(12-16-33)28-29-30)27(37)22-17-21(31-15-11-24(31)34)9-10-23(22)32(26(27)36)14-6-4-8-25(35)38-2/h3,7,9-10,17-19,33,37H,4-6,8,11-16H2,1-2H3/b7-3+/t19-,27+/m0/s1. The molecule has 38 heavy (non-hydrogen) atoms. The average Bonchev–Trinajstić information content (AvgIpc) is 3.44. The molecule has 204 valence electrons. The molecule has 1 aromatic heterocycles. The first kappa shape index (κ1) is 27.5. The number of anilines is 2. The monoisotopic (exact) mass is 525 g/mol. The number of carbonyl (C=O) groups excluding carboxylic acids is 3. The number of nitrogens with zero attached hydrogens (tertiary/aromatic N) is 5. The van der Waals surface area contributed by atoms with Crippen LogP contribution in [0.2, 0.25) is 0 Å². The number of allylic oxidation sites excluding steroid dienone is 1. The third-order valence-corrected chi connectivity index (χ3v) is 7.22. The van der Waals surface area contributed by atoms with E-state index < -0.39 is 17.4 Å². The number of esters is 1. The summed E-state index contributed by atoms with van der Waals surface area (Å²) in [5.41, 5.74) is 0.691. The number of benzene rings is 1. The lowest BCUT2D eigenvalue weighted by molar-refractivity contribution is -0.140. The molecular formula is C27H35N5O6. The number of ether oxygens (including phenoxy) is 1. The maximum atomic E-state index is 13.7. The van der Waals surface area contributed by atoms with E-state index in [1.54, 1.807) is 45.8 Å². The van der Waals surface area contributed by atoms with Crippen molar-refractivity contribution in [2.24, 2.45) is 5.92 Å². The number of aromatic nitrogens is 3. The van der Waals surface area contributed by atoms with Crippen molar-refractivity contribution in [1.29, 1.82) is 0 Å². The van der Waals surface area contributed by atoms with Gasteiger partial charge in [0.15, 0.2) is 5.60 Å². The largest absolute Gasteiger partial charge is 0.469 e. The van der Waals surface area contributed by atoms with Gasteiger partial charge in [-0.2, -0.15) is 0 Å². The zero-order valence-corrected chi connectivity index (χ0v) is 21.9. The van der Waals surface area contributed by atoms with Gasteiger partial charge in [0.25, 0.3) is 5.91 Å². The number of hydrogen-bond donors (Lipinski definition) is 2. The molecule has 11 nitrogen and oxygen atoms in total. The third kappa shape index (κ3) is 5.48. The molecule has 0 spiro atoms. The first-order valence-electron chi connectivity index (χ1n) is 13.0. The molecule has 1 saturated heterocycles. The molecule has 4 rings (SSSR count). The molecule has 0 bridgehead atoms. The molecule has 11 heteroatoms. The van der Waals surface area contributed by atoms with E-state index >= 15 is 0 Å². The second kappa shape index (κ2) is 11.9. The summed E-state index contributed by atoms with van der Waals surface area (Å²) >= 11 is 0. The number of aryl methyl sites for hydroxylation is 1. The van der Waals surface area contributed by atoms with Crippen LogP contribution in [0.3, 0.4) is 0 Å². The lowest BCUT2D eigenvalue weighted by Gasteiger charge is -2.32. The fourth-order valence-electron chi connectivity index (χ4n) is 4.88. The van der Waals surface area contributed by atoms with Gasteiger partial charge in [0.1, 0.15) is 0 Å². The Balaban J connectivity index is 1.51. The van der Waals surface area contributed by atoms with Crippen LogP contribution in [-0.4, -0.2) is 69.8 Å². The number of rotatable bonds is 13. The Morgan fingerprint density at radius 1 is 1.26 bits per heavy atom. The second-order valence-corrected chi connectivity index (χ2v) is 9.71. The average molecular weight is 526 g/mol. The first-order valence-corrected chi connectivity index (χ1v) is 13.0. The van der Waals surface area contributed by atoms with Crippen LogP contribution in [0, 0.1) is 5.92 Å². The zero-order valence-electron chi connectivity index (χ0n) is 21.9. The highest BCUT2D eigenvalue weighted by molar-refractivity contribution is 6.08. The molecule has 2 aromatic rings. The zero-order chi connectivity index (χ0) is 27.3. The van der Waals surface area contributed by atoms with Gasteiger partial charge in [0.2, 0.25) is 5.91 Å². The summed E-state index contributed by atoms with van der Waals surface area (Å²) in [6, 6.07) is 5.35. The van der Waals surface area contributed by atoms with Crippen molar-refractivity contribution in [3.8, 4) is 0 Å². The number of amides is 2. The molecule has 2 N–H and O–H groups in total. The molecule has 1 aromatic carbocycles. The Hall–Kier alpha value is -3.57. The van der Waals surface area contributed by atoms with E-state index in [0.717, 1.165) is 5.69 Å². The van der Waals surface area contributed by atoms with Crippen molar-refractivity contribution in [2.75, 3.05) is 36.6 Å². The molecular weight excluding hydrogens is 490 g/mol. The minimum atomic E-state index is -1.79. The number of β-lactam (4-membered cyclic amide) rings is 1. The summed E-state index contributed by atoms with van der Waals surface area (Å²) in [4.78, 5) is 40.4. The maximum absolute atomic E-state index is 13.7. The summed E-state index contributed by atoms with van der Waals surface area (Å²) in [6.45, 7) is 3.35. The van der Waals surface area contributed by atoms with E-state index in [1.165, 1.54) is 7.11 Å². The van der Waals surface area contributed by atoms with Gasteiger partial charge >= 0.3 is 5.97 Å². The smallest absolute Gasteiger partial charge is 0.305 e. The van der Waals surface area contributed by atoms with Crippen molar-refractivity contribution < 1.29 is 29.3 Å². The fraction of sp³-hybridized carbons (Fsp3) is 0.519. The number of carbonyl (C=O) groups is 3. The van der Waals surface area contributed by atoms with Crippen molar-refractivity contribution >= 4 is 29.2 Å². The molecule has 0 saturated carbocycles. The van der Waals surface area contributed by atoms with E-state index in [0.29, 0.717) is 68.7 Å². The summed E-state index contributed by atoms with van der Waals surface area (Å²) in [6.07, 6.45) is 8.46. The van der Waals surface area contributed by atoms with Crippen LogP contribution in [0.25, 0.3) is 0 Å². The molecule has 1 fully saturated rings. The van der Waals surface area contributed by atoms with Crippen LogP contribution in [0.15, 0.2) is 36.5 Å². The highest BCUT2D eigenvalue weighted by Crippen LogP contribution is 2.47. The van der Waals surface area contributed by atoms with Crippen LogP contribution < -0.4 is 9.80 Å². The highest BCUT2D eigenvalue weighted by atomic mass is 16.5. The Labute approximate surface area is 221 Å². The predicted molar refractivity (Wildman–Crippen MR) is 139 cm³/mol. The fourth-order valence-corrected chi connectivity index (χ4v) is 4.88. The van der Waals surface area contributed by atoms with Crippen LogP contribution in [0.4, 0.5) is 11.4 Å². The lowest BCUT2D eigenvalue weighted by Crippen LogP contribution is -2.45. The number of unbranched alkanes of at least 4 members (excludes halogenated alkanes) is 1.